The summed E-state index contributed by atoms with van der Waals surface area (Å²) >= 11 is 1.87. The number of aryl methyl sites for hydroxylation is 1. The molecule has 1 heterocycles. The Morgan fingerprint density at radius 1 is 1.47 bits per heavy atom. The molecule has 0 bridgehead atoms. The zero-order valence-electron chi connectivity index (χ0n) is 9.93. The Kier molecular flexibility index (Phi) is 3.43. The van der Waals surface area contributed by atoms with Gasteiger partial charge in [0.1, 0.15) is 0 Å². The number of thioether (sulfide) groups is 1. The number of nitrogens with zero attached hydrogens (tertiary/aromatic N) is 1. The van der Waals surface area contributed by atoms with Crippen LogP contribution < -0.4 is 0 Å². The third-order valence-electron chi connectivity index (χ3n) is 2.78. The summed E-state index contributed by atoms with van der Waals surface area (Å²) in [5.41, 5.74) is 2.59. The van der Waals surface area contributed by atoms with Crippen molar-refractivity contribution in [2.75, 3.05) is 5.75 Å². The Labute approximate surface area is 104 Å². The Balaban J connectivity index is 2.49. The third-order valence-corrected chi connectivity index (χ3v) is 3.71. The number of benzene rings is 1. The lowest BCUT2D eigenvalue weighted by molar-refractivity contribution is 0.0697. The lowest BCUT2D eigenvalue weighted by atomic mass is 10.1. The van der Waals surface area contributed by atoms with Gasteiger partial charge in [0, 0.05) is 29.9 Å². The zero-order valence-corrected chi connectivity index (χ0v) is 10.8. The van der Waals surface area contributed by atoms with Gasteiger partial charge in [-0.1, -0.05) is 13.0 Å². The number of hydrogen-bond donors (Lipinski definition) is 1. The molecule has 0 atom stereocenters. The highest BCUT2D eigenvalue weighted by molar-refractivity contribution is 7.98. The molecule has 4 heteroatoms. The molecule has 1 aromatic heterocycles. The first-order valence-corrected chi connectivity index (χ1v) is 6.68. The van der Waals surface area contributed by atoms with E-state index in [1.165, 1.54) is 5.56 Å². The minimum atomic E-state index is -0.877. The maximum Gasteiger partial charge on any atom is 0.335 e. The Morgan fingerprint density at radius 3 is 2.88 bits per heavy atom. The van der Waals surface area contributed by atoms with E-state index < -0.39 is 5.97 Å². The van der Waals surface area contributed by atoms with Crippen molar-refractivity contribution in [1.29, 1.82) is 0 Å². The predicted octanol–water partition coefficient (Wildman–Crippen LogP) is 3.13. The standard InChI is InChI=1S/C13H15NO2S/c1-3-17-8-10-7-14(2)12-6-9(13(15)16)4-5-11(10)12/h4-7H,3,8H2,1-2H3,(H,15,16). The van der Waals surface area contributed by atoms with Gasteiger partial charge in [-0.2, -0.15) is 11.8 Å². The fourth-order valence-electron chi connectivity index (χ4n) is 1.93. The Bertz CT molecular complexity index is 560. The van der Waals surface area contributed by atoms with Crippen molar-refractivity contribution in [2.45, 2.75) is 12.7 Å². The summed E-state index contributed by atoms with van der Waals surface area (Å²) in [5.74, 6) is 1.18. The molecule has 0 unspecified atom stereocenters. The number of carbonyl (C=O) groups is 1. The Hall–Kier alpha value is -1.42. The number of carboxylic acid groups (broad SMARTS) is 1. The maximum atomic E-state index is 10.9. The normalized spacial score (nSPS) is 10.9. The van der Waals surface area contributed by atoms with Crippen LogP contribution in [0.4, 0.5) is 0 Å². The van der Waals surface area contributed by atoms with E-state index in [0.29, 0.717) is 5.56 Å². The third kappa shape index (κ3) is 2.31. The molecule has 17 heavy (non-hydrogen) atoms. The van der Waals surface area contributed by atoms with Crippen molar-refractivity contribution in [3.63, 3.8) is 0 Å². The Morgan fingerprint density at radius 2 is 2.24 bits per heavy atom. The van der Waals surface area contributed by atoms with E-state index >= 15 is 0 Å². The van der Waals surface area contributed by atoms with Crippen LogP contribution in [0.3, 0.4) is 0 Å². The van der Waals surface area contributed by atoms with E-state index in [-0.39, 0.29) is 0 Å². The molecule has 0 saturated carbocycles. The van der Waals surface area contributed by atoms with Gasteiger partial charge in [0.05, 0.1) is 5.56 Å². The largest absolute Gasteiger partial charge is 0.478 e. The van der Waals surface area contributed by atoms with E-state index in [0.717, 1.165) is 22.4 Å². The topological polar surface area (TPSA) is 42.2 Å². The van der Waals surface area contributed by atoms with Gasteiger partial charge in [0.25, 0.3) is 0 Å². The molecule has 0 aliphatic rings. The summed E-state index contributed by atoms with van der Waals surface area (Å²) in [4.78, 5) is 10.9. The van der Waals surface area contributed by atoms with E-state index in [9.17, 15) is 4.79 Å². The zero-order chi connectivity index (χ0) is 12.4. The van der Waals surface area contributed by atoms with Crippen molar-refractivity contribution in [3.05, 3.63) is 35.5 Å². The molecule has 0 fully saturated rings. The molecular formula is C13H15NO2S. The predicted molar refractivity (Wildman–Crippen MR) is 71.7 cm³/mol. The number of rotatable bonds is 4. The second-order valence-corrected chi connectivity index (χ2v) is 5.21. The SMILES string of the molecule is CCSCc1cn(C)c2cc(C(=O)O)ccc12. The molecular weight excluding hydrogens is 234 g/mol. The highest BCUT2D eigenvalue weighted by atomic mass is 32.2. The van der Waals surface area contributed by atoms with E-state index in [1.807, 2.05) is 29.4 Å². The van der Waals surface area contributed by atoms with Crippen LogP contribution in [0.15, 0.2) is 24.4 Å². The lowest BCUT2D eigenvalue weighted by Gasteiger charge is -1.99. The highest BCUT2D eigenvalue weighted by Gasteiger charge is 2.09. The first-order chi connectivity index (χ1) is 8.13. The van der Waals surface area contributed by atoms with Crippen LogP contribution in [0.2, 0.25) is 0 Å². The van der Waals surface area contributed by atoms with Crippen LogP contribution in [0.1, 0.15) is 22.8 Å². The summed E-state index contributed by atoms with van der Waals surface area (Å²) in [5, 5.41) is 10.1. The minimum absolute atomic E-state index is 0.341. The van der Waals surface area contributed by atoms with Gasteiger partial charge < -0.3 is 9.67 Å². The number of hydrogen-bond acceptors (Lipinski definition) is 2. The summed E-state index contributed by atoms with van der Waals surface area (Å²) in [7, 11) is 1.95. The van der Waals surface area contributed by atoms with Gasteiger partial charge in [-0.3, -0.25) is 0 Å². The van der Waals surface area contributed by atoms with Gasteiger partial charge in [0.2, 0.25) is 0 Å². The minimum Gasteiger partial charge on any atom is -0.478 e. The van der Waals surface area contributed by atoms with Crippen molar-refractivity contribution in [3.8, 4) is 0 Å². The number of aromatic nitrogens is 1. The number of fused-ring (bicyclic) bond motifs is 1. The van der Waals surface area contributed by atoms with Gasteiger partial charge in [-0.15, -0.1) is 0 Å². The van der Waals surface area contributed by atoms with Crippen molar-refractivity contribution >= 4 is 28.6 Å². The first-order valence-electron chi connectivity index (χ1n) is 5.52. The summed E-state index contributed by atoms with van der Waals surface area (Å²) in [6.45, 7) is 2.14. The second kappa shape index (κ2) is 4.84. The molecule has 0 aliphatic carbocycles. The van der Waals surface area contributed by atoms with E-state index in [4.69, 9.17) is 5.11 Å². The number of aromatic carboxylic acids is 1. The van der Waals surface area contributed by atoms with Gasteiger partial charge in [-0.25, -0.2) is 4.79 Å². The molecule has 0 aliphatic heterocycles. The second-order valence-electron chi connectivity index (χ2n) is 3.94. The summed E-state index contributed by atoms with van der Waals surface area (Å²) in [6.07, 6.45) is 2.08. The number of carboxylic acids is 1. The quantitative estimate of drug-likeness (QED) is 0.905. The molecule has 0 spiro atoms. The van der Waals surface area contributed by atoms with Crippen LogP contribution in [-0.2, 0) is 12.8 Å². The molecule has 2 aromatic rings. The van der Waals surface area contributed by atoms with Crippen LogP contribution in [0.5, 0.6) is 0 Å². The fourth-order valence-corrected chi connectivity index (χ4v) is 2.58. The summed E-state index contributed by atoms with van der Waals surface area (Å²) in [6, 6.07) is 5.31. The van der Waals surface area contributed by atoms with Crippen LogP contribution in [0, 0.1) is 0 Å². The van der Waals surface area contributed by atoms with E-state index in [2.05, 4.69) is 13.1 Å². The van der Waals surface area contributed by atoms with Crippen LogP contribution in [0.25, 0.3) is 10.9 Å². The molecule has 1 N–H and O–H groups in total. The smallest absolute Gasteiger partial charge is 0.335 e. The molecule has 0 saturated heterocycles. The van der Waals surface area contributed by atoms with Gasteiger partial charge >= 0.3 is 5.97 Å². The fraction of sp³-hybridized carbons (Fsp3) is 0.308. The van der Waals surface area contributed by atoms with Crippen LogP contribution >= 0.6 is 11.8 Å². The van der Waals surface area contributed by atoms with Crippen molar-refractivity contribution in [2.24, 2.45) is 7.05 Å². The van der Waals surface area contributed by atoms with Gasteiger partial charge in [-0.05, 0) is 23.4 Å². The van der Waals surface area contributed by atoms with Crippen molar-refractivity contribution in [1.82, 2.24) is 4.57 Å². The monoisotopic (exact) mass is 249 g/mol. The molecule has 2 rings (SSSR count). The average Bonchev–Trinajstić information content (AvgIpc) is 2.63. The highest BCUT2D eigenvalue weighted by Crippen LogP contribution is 2.25. The summed E-state index contributed by atoms with van der Waals surface area (Å²) < 4.78 is 1.99. The molecule has 90 valence electrons. The van der Waals surface area contributed by atoms with Crippen LogP contribution in [-0.4, -0.2) is 21.4 Å². The lowest BCUT2D eigenvalue weighted by Crippen LogP contribution is -1.96. The molecule has 0 amide bonds. The first kappa shape index (κ1) is 12.0. The maximum absolute atomic E-state index is 10.9. The molecule has 3 nitrogen and oxygen atoms in total. The molecule has 0 radical (unpaired) electrons. The van der Waals surface area contributed by atoms with Crippen molar-refractivity contribution < 1.29 is 9.90 Å². The average molecular weight is 249 g/mol. The molecule has 1 aromatic carbocycles. The van der Waals surface area contributed by atoms with E-state index in [1.54, 1.807) is 12.1 Å². The van der Waals surface area contributed by atoms with Gasteiger partial charge in [0.15, 0.2) is 0 Å².